The molecule has 1 fully saturated rings. The summed E-state index contributed by atoms with van der Waals surface area (Å²) >= 11 is 0. The Labute approximate surface area is 134 Å². The average Bonchev–Trinajstić information content (AvgIpc) is 2.61. The van der Waals surface area contributed by atoms with Gasteiger partial charge in [0.05, 0.1) is 12.1 Å². The number of ether oxygens (including phenoxy) is 1. The van der Waals surface area contributed by atoms with Gasteiger partial charge in [-0.05, 0) is 25.0 Å². The number of para-hydroxylation sites is 1. The molecule has 1 aromatic carbocycles. The van der Waals surface area contributed by atoms with E-state index in [1.807, 2.05) is 30.3 Å². The summed E-state index contributed by atoms with van der Waals surface area (Å²) in [6.45, 7) is 1.01. The van der Waals surface area contributed by atoms with Crippen LogP contribution >= 0.6 is 0 Å². The van der Waals surface area contributed by atoms with E-state index in [-0.39, 0.29) is 19.1 Å². The maximum absolute atomic E-state index is 12.5. The highest BCUT2D eigenvalue weighted by Gasteiger charge is 2.36. The summed E-state index contributed by atoms with van der Waals surface area (Å²) in [6.07, 6.45) is 5.70. The number of carbonyl (C=O) groups is 1. The van der Waals surface area contributed by atoms with E-state index in [0.717, 1.165) is 6.42 Å². The first-order chi connectivity index (χ1) is 11.2. The Morgan fingerprint density at radius 3 is 2.74 bits per heavy atom. The van der Waals surface area contributed by atoms with Crippen LogP contribution in [0.4, 0.5) is 0 Å². The van der Waals surface area contributed by atoms with Gasteiger partial charge in [-0.1, -0.05) is 18.2 Å². The number of likely N-dealkylation sites (tertiary alicyclic amines) is 1. The van der Waals surface area contributed by atoms with Crippen molar-refractivity contribution < 1.29 is 14.6 Å². The Hall–Kier alpha value is -2.47. The lowest BCUT2D eigenvalue weighted by Gasteiger charge is -2.38. The van der Waals surface area contributed by atoms with Crippen LogP contribution in [0.3, 0.4) is 0 Å². The predicted molar refractivity (Wildman–Crippen MR) is 84.1 cm³/mol. The molecule has 1 aromatic heterocycles. The van der Waals surface area contributed by atoms with Gasteiger partial charge in [-0.2, -0.15) is 0 Å². The van der Waals surface area contributed by atoms with Gasteiger partial charge in [0.1, 0.15) is 24.3 Å². The zero-order valence-corrected chi connectivity index (χ0v) is 12.8. The number of aromatic nitrogens is 2. The van der Waals surface area contributed by atoms with Gasteiger partial charge in [-0.25, -0.2) is 9.97 Å². The molecular weight excluding hydrogens is 294 g/mol. The summed E-state index contributed by atoms with van der Waals surface area (Å²) in [6, 6.07) is 9.36. The fourth-order valence-electron chi connectivity index (χ4n) is 2.73. The van der Waals surface area contributed by atoms with Crippen LogP contribution in [0.5, 0.6) is 5.75 Å². The normalized spacial score (nSPS) is 21.0. The summed E-state index contributed by atoms with van der Waals surface area (Å²) in [5.41, 5.74) is -0.611. The van der Waals surface area contributed by atoms with Crippen LogP contribution in [-0.2, 0) is 0 Å². The Morgan fingerprint density at radius 1 is 1.26 bits per heavy atom. The lowest BCUT2D eigenvalue weighted by Crippen LogP contribution is -2.53. The van der Waals surface area contributed by atoms with E-state index in [1.165, 1.54) is 18.7 Å². The van der Waals surface area contributed by atoms with Crippen molar-refractivity contribution in [2.75, 3.05) is 19.7 Å². The summed E-state index contributed by atoms with van der Waals surface area (Å²) in [5, 5.41) is 10.7. The Kier molecular flexibility index (Phi) is 4.52. The Bertz CT molecular complexity index is 651. The summed E-state index contributed by atoms with van der Waals surface area (Å²) < 4.78 is 5.67. The van der Waals surface area contributed by atoms with Crippen molar-refractivity contribution in [1.82, 2.24) is 14.9 Å². The Morgan fingerprint density at radius 2 is 2.00 bits per heavy atom. The number of benzene rings is 1. The molecule has 1 N–H and O–H groups in total. The predicted octanol–water partition coefficient (Wildman–Crippen LogP) is 1.52. The number of rotatable bonds is 4. The third-order valence-electron chi connectivity index (χ3n) is 3.90. The summed E-state index contributed by atoms with van der Waals surface area (Å²) in [7, 11) is 0. The SMILES string of the molecule is O=C(c1cncnc1)N1CCC[C@@](O)(COc2ccccc2)C1. The molecule has 3 rings (SSSR count). The van der Waals surface area contributed by atoms with Crippen LogP contribution < -0.4 is 4.74 Å². The van der Waals surface area contributed by atoms with E-state index >= 15 is 0 Å². The number of hydrogen-bond donors (Lipinski definition) is 1. The molecule has 120 valence electrons. The number of nitrogens with zero attached hydrogens (tertiary/aromatic N) is 3. The molecule has 0 unspecified atom stereocenters. The van der Waals surface area contributed by atoms with Crippen LogP contribution in [0, 0.1) is 0 Å². The molecule has 6 nitrogen and oxygen atoms in total. The molecule has 0 saturated carbocycles. The fraction of sp³-hybridized carbons (Fsp3) is 0.353. The topological polar surface area (TPSA) is 75.6 Å². The largest absolute Gasteiger partial charge is 0.491 e. The van der Waals surface area contributed by atoms with Crippen molar-refractivity contribution in [2.45, 2.75) is 18.4 Å². The first-order valence-corrected chi connectivity index (χ1v) is 7.61. The minimum absolute atomic E-state index is 0.159. The molecule has 0 bridgehead atoms. The number of amides is 1. The smallest absolute Gasteiger partial charge is 0.257 e. The van der Waals surface area contributed by atoms with Gasteiger partial charge < -0.3 is 14.7 Å². The van der Waals surface area contributed by atoms with Crippen LogP contribution in [0.2, 0.25) is 0 Å². The first-order valence-electron chi connectivity index (χ1n) is 7.61. The maximum Gasteiger partial charge on any atom is 0.257 e. The van der Waals surface area contributed by atoms with E-state index in [2.05, 4.69) is 9.97 Å². The molecule has 1 amide bonds. The van der Waals surface area contributed by atoms with Gasteiger partial charge in [0.25, 0.3) is 5.91 Å². The summed E-state index contributed by atoms with van der Waals surface area (Å²) in [4.78, 5) is 21.8. The number of aliphatic hydroxyl groups is 1. The van der Waals surface area contributed by atoms with Crippen molar-refractivity contribution in [3.05, 3.63) is 54.6 Å². The van der Waals surface area contributed by atoms with E-state index in [9.17, 15) is 9.90 Å². The molecule has 0 spiro atoms. The van der Waals surface area contributed by atoms with Gasteiger partial charge in [0, 0.05) is 18.9 Å². The van der Waals surface area contributed by atoms with Crippen molar-refractivity contribution in [3.8, 4) is 5.75 Å². The zero-order chi connectivity index (χ0) is 16.1. The van der Waals surface area contributed by atoms with Crippen LogP contribution in [0.15, 0.2) is 49.1 Å². The number of hydrogen-bond acceptors (Lipinski definition) is 5. The van der Waals surface area contributed by atoms with Crippen molar-refractivity contribution in [3.63, 3.8) is 0 Å². The Balaban J connectivity index is 1.64. The lowest BCUT2D eigenvalue weighted by molar-refractivity contribution is -0.0532. The van der Waals surface area contributed by atoms with Gasteiger partial charge in [0.2, 0.25) is 0 Å². The van der Waals surface area contributed by atoms with Crippen LogP contribution in [0.25, 0.3) is 0 Å². The highest BCUT2D eigenvalue weighted by Crippen LogP contribution is 2.24. The maximum atomic E-state index is 12.5. The second-order valence-electron chi connectivity index (χ2n) is 5.78. The molecule has 2 heterocycles. The minimum Gasteiger partial charge on any atom is -0.491 e. The highest BCUT2D eigenvalue weighted by atomic mass is 16.5. The van der Waals surface area contributed by atoms with Gasteiger partial charge in [-0.15, -0.1) is 0 Å². The number of β-amino-alcohol motifs (C(OH)–C–C–N with tert-alkyl or cyclic N) is 1. The molecule has 1 saturated heterocycles. The second-order valence-corrected chi connectivity index (χ2v) is 5.78. The number of piperidine rings is 1. The monoisotopic (exact) mass is 313 g/mol. The van der Waals surface area contributed by atoms with Gasteiger partial charge >= 0.3 is 0 Å². The molecule has 1 aliphatic heterocycles. The second kappa shape index (κ2) is 6.75. The van der Waals surface area contributed by atoms with E-state index in [0.29, 0.717) is 24.3 Å². The first kappa shape index (κ1) is 15.4. The molecule has 6 heteroatoms. The fourth-order valence-corrected chi connectivity index (χ4v) is 2.73. The van der Waals surface area contributed by atoms with Crippen molar-refractivity contribution in [1.29, 1.82) is 0 Å². The molecule has 1 atom stereocenters. The summed E-state index contributed by atoms with van der Waals surface area (Å²) in [5.74, 6) is 0.546. The van der Waals surface area contributed by atoms with Gasteiger partial charge in [-0.3, -0.25) is 4.79 Å². The molecular formula is C17H19N3O3. The van der Waals surface area contributed by atoms with Crippen molar-refractivity contribution >= 4 is 5.91 Å². The quantitative estimate of drug-likeness (QED) is 0.926. The van der Waals surface area contributed by atoms with Crippen molar-refractivity contribution in [2.24, 2.45) is 0 Å². The third-order valence-corrected chi connectivity index (χ3v) is 3.90. The molecule has 1 aliphatic rings. The molecule has 23 heavy (non-hydrogen) atoms. The molecule has 0 aliphatic carbocycles. The van der Waals surface area contributed by atoms with E-state index in [4.69, 9.17) is 4.74 Å². The van der Waals surface area contributed by atoms with E-state index < -0.39 is 5.60 Å². The molecule has 2 aromatic rings. The minimum atomic E-state index is -1.04. The average molecular weight is 313 g/mol. The van der Waals surface area contributed by atoms with E-state index in [1.54, 1.807) is 4.90 Å². The van der Waals surface area contributed by atoms with Crippen LogP contribution in [-0.4, -0.2) is 51.2 Å². The third kappa shape index (κ3) is 3.84. The zero-order valence-electron chi connectivity index (χ0n) is 12.8. The van der Waals surface area contributed by atoms with Crippen LogP contribution in [0.1, 0.15) is 23.2 Å². The lowest BCUT2D eigenvalue weighted by atomic mass is 9.93. The standard InChI is InChI=1S/C17H19N3O3/c21-16(14-9-18-13-19-10-14)20-8-4-7-17(22,11-20)12-23-15-5-2-1-3-6-15/h1-3,5-6,9-10,13,22H,4,7-8,11-12H2/t17-/m0/s1. The van der Waals surface area contributed by atoms with Gasteiger partial charge in [0.15, 0.2) is 0 Å². The number of carbonyl (C=O) groups excluding carboxylic acids is 1. The highest BCUT2D eigenvalue weighted by molar-refractivity contribution is 5.93. The molecule has 0 radical (unpaired) electrons.